The van der Waals surface area contributed by atoms with Gasteiger partial charge in [-0.3, -0.25) is 0 Å². The molecule has 5 heteroatoms. The van der Waals surface area contributed by atoms with Crippen LogP contribution < -0.4 is 10.6 Å². The van der Waals surface area contributed by atoms with Crippen molar-refractivity contribution in [3.63, 3.8) is 0 Å². The molecule has 0 radical (unpaired) electrons. The van der Waals surface area contributed by atoms with Gasteiger partial charge in [-0.2, -0.15) is 0 Å². The second kappa shape index (κ2) is 6.02. The Morgan fingerprint density at radius 3 is 2.53 bits per heavy atom. The highest BCUT2D eigenvalue weighted by molar-refractivity contribution is 7.91. The molecule has 0 spiro atoms. The maximum absolute atomic E-state index is 11.9. The molecule has 1 aromatic rings. The lowest BCUT2D eigenvalue weighted by atomic mass is 10.3. The van der Waals surface area contributed by atoms with Crippen molar-refractivity contribution in [2.24, 2.45) is 0 Å². The Morgan fingerprint density at radius 2 is 1.94 bits per heavy atom. The first-order chi connectivity index (χ1) is 8.01. The largest absolute Gasteiger partial charge is 0.382 e. The second-order valence-corrected chi connectivity index (χ2v) is 6.22. The maximum Gasteiger partial charge on any atom is 0.180 e. The number of benzene rings is 1. The zero-order valence-corrected chi connectivity index (χ0v) is 11.3. The highest BCUT2D eigenvalue weighted by atomic mass is 32.2. The first kappa shape index (κ1) is 14.0. The summed E-state index contributed by atoms with van der Waals surface area (Å²) in [6, 6.07) is 7.30. The minimum absolute atomic E-state index is 0.118. The van der Waals surface area contributed by atoms with E-state index in [9.17, 15) is 8.42 Å². The van der Waals surface area contributed by atoms with E-state index in [4.69, 9.17) is 0 Å². The van der Waals surface area contributed by atoms with Crippen LogP contribution in [0.1, 0.15) is 13.8 Å². The lowest BCUT2D eigenvalue weighted by Crippen LogP contribution is -2.29. The molecule has 0 fully saturated rings. The minimum atomic E-state index is -3.17. The smallest absolute Gasteiger partial charge is 0.180 e. The van der Waals surface area contributed by atoms with Crippen LogP contribution in [0.5, 0.6) is 0 Å². The fourth-order valence-corrected chi connectivity index (χ4v) is 2.48. The molecule has 0 amide bonds. The van der Waals surface area contributed by atoms with Crippen molar-refractivity contribution in [3.05, 3.63) is 24.3 Å². The van der Waals surface area contributed by atoms with Gasteiger partial charge in [0.05, 0.1) is 16.3 Å². The monoisotopic (exact) mass is 256 g/mol. The SMILES string of the molecule is CCS(=O)(=O)c1ccccc1NCC(C)NC. The normalized spacial score (nSPS) is 13.4. The van der Waals surface area contributed by atoms with Gasteiger partial charge in [-0.05, 0) is 26.1 Å². The van der Waals surface area contributed by atoms with Crippen LogP contribution in [0.2, 0.25) is 0 Å². The van der Waals surface area contributed by atoms with Crippen LogP contribution in [-0.4, -0.2) is 33.8 Å². The van der Waals surface area contributed by atoms with E-state index < -0.39 is 9.84 Å². The van der Waals surface area contributed by atoms with Gasteiger partial charge in [0.15, 0.2) is 9.84 Å². The lowest BCUT2D eigenvalue weighted by molar-refractivity contribution is 0.597. The molecular formula is C12H20N2O2S. The zero-order chi connectivity index (χ0) is 12.9. The van der Waals surface area contributed by atoms with Crippen LogP contribution in [0.4, 0.5) is 5.69 Å². The second-order valence-electron chi connectivity index (χ2n) is 3.97. The third kappa shape index (κ3) is 3.71. The van der Waals surface area contributed by atoms with Gasteiger partial charge >= 0.3 is 0 Å². The number of hydrogen-bond donors (Lipinski definition) is 2. The van der Waals surface area contributed by atoms with E-state index in [-0.39, 0.29) is 11.8 Å². The summed E-state index contributed by atoms with van der Waals surface area (Å²) in [7, 11) is -1.29. The van der Waals surface area contributed by atoms with Crippen LogP contribution >= 0.6 is 0 Å². The lowest BCUT2D eigenvalue weighted by Gasteiger charge is -2.15. The number of hydrogen-bond acceptors (Lipinski definition) is 4. The Labute approximate surface area is 103 Å². The average molecular weight is 256 g/mol. The topological polar surface area (TPSA) is 58.2 Å². The van der Waals surface area contributed by atoms with E-state index in [1.165, 1.54) is 0 Å². The molecule has 0 bridgehead atoms. The van der Waals surface area contributed by atoms with Crippen molar-refractivity contribution in [1.29, 1.82) is 0 Å². The van der Waals surface area contributed by atoms with Crippen molar-refractivity contribution in [2.45, 2.75) is 24.8 Å². The number of anilines is 1. The maximum atomic E-state index is 11.9. The van der Waals surface area contributed by atoms with Gasteiger partial charge in [-0.15, -0.1) is 0 Å². The van der Waals surface area contributed by atoms with Crippen LogP contribution in [0.3, 0.4) is 0 Å². The number of nitrogens with one attached hydrogen (secondary N) is 2. The fraction of sp³-hybridized carbons (Fsp3) is 0.500. The number of rotatable bonds is 6. The van der Waals surface area contributed by atoms with E-state index in [0.717, 1.165) is 0 Å². The van der Waals surface area contributed by atoms with E-state index in [1.807, 2.05) is 20.0 Å². The molecule has 0 aromatic heterocycles. The average Bonchev–Trinajstić information content (AvgIpc) is 2.36. The summed E-state index contributed by atoms with van der Waals surface area (Å²) in [5.41, 5.74) is 0.677. The van der Waals surface area contributed by atoms with E-state index in [2.05, 4.69) is 10.6 Å². The molecule has 0 saturated carbocycles. The Kier molecular flexibility index (Phi) is 4.96. The van der Waals surface area contributed by atoms with Crippen molar-refractivity contribution < 1.29 is 8.42 Å². The molecular weight excluding hydrogens is 236 g/mol. The summed E-state index contributed by atoms with van der Waals surface area (Å²) >= 11 is 0. The summed E-state index contributed by atoms with van der Waals surface area (Å²) in [6.07, 6.45) is 0. The molecule has 1 rings (SSSR count). The van der Waals surface area contributed by atoms with Crippen LogP contribution in [0.25, 0.3) is 0 Å². The Bertz CT molecular complexity index is 457. The Morgan fingerprint density at radius 1 is 1.29 bits per heavy atom. The highest BCUT2D eigenvalue weighted by Crippen LogP contribution is 2.21. The van der Waals surface area contributed by atoms with Gasteiger partial charge in [0.1, 0.15) is 0 Å². The number of para-hydroxylation sites is 1. The molecule has 0 heterocycles. The third-order valence-corrected chi connectivity index (χ3v) is 4.48. The number of sulfone groups is 1. The first-order valence-electron chi connectivity index (χ1n) is 5.74. The van der Waals surface area contributed by atoms with Gasteiger partial charge in [-0.25, -0.2) is 8.42 Å². The standard InChI is InChI=1S/C12H20N2O2S/c1-4-17(15,16)12-8-6-5-7-11(12)14-9-10(2)13-3/h5-8,10,13-14H,4,9H2,1-3H3. The molecule has 1 unspecified atom stereocenters. The summed E-state index contributed by atoms with van der Waals surface area (Å²) in [6.45, 7) is 4.37. The minimum Gasteiger partial charge on any atom is -0.382 e. The van der Waals surface area contributed by atoms with Gasteiger partial charge < -0.3 is 10.6 Å². The molecule has 1 atom stereocenters. The predicted octanol–water partition coefficient (Wildman–Crippen LogP) is 1.50. The zero-order valence-electron chi connectivity index (χ0n) is 10.5. The Hall–Kier alpha value is -1.07. The van der Waals surface area contributed by atoms with Crippen LogP contribution in [0.15, 0.2) is 29.2 Å². The molecule has 0 aliphatic rings. The van der Waals surface area contributed by atoms with Crippen molar-refractivity contribution >= 4 is 15.5 Å². The molecule has 0 saturated heterocycles. The molecule has 0 aliphatic carbocycles. The summed E-state index contributed by atoms with van der Waals surface area (Å²) in [5, 5.41) is 6.26. The van der Waals surface area contributed by atoms with E-state index >= 15 is 0 Å². The van der Waals surface area contributed by atoms with Gasteiger partial charge in [0.25, 0.3) is 0 Å². The molecule has 4 nitrogen and oxygen atoms in total. The van der Waals surface area contributed by atoms with E-state index in [0.29, 0.717) is 17.1 Å². The molecule has 1 aromatic carbocycles. The predicted molar refractivity (Wildman–Crippen MR) is 71.2 cm³/mol. The molecule has 96 valence electrons. The van der Waals surface area contributed by atoms with Crippen molar-refractivity contribution in [1.82, 2.24) is 5.32 Å². The third-order valence-electron chi connectivity index (χ3n) is 2.69. The Balaban J connectivity index is 2.93. The van der Waals surface area contributed by atoms with Crippen molar-refractivity contribution in [2.75, 3.05) is 24.7 Å². The van der Waals surface area contributed by atoms with Crippen molar-refractivity contribution in [3.8, 4) is 0 Å². The van der Waals surface area contributed by atoms with E-state index in [1.54, 1.807) is 25.1 Å². The highest BCUT2D eigenvalue weighted by Gasteiger charge is 2.15. The molecule has 2 N–H and O–H groups in total. The summed E-state index contributed by atoms with van der Waals surface area (Å²) < 4.78 is 23.8. The summed E-state index contributed by atoms with van der Waals surface area (Å²) in [5.74, 6) is 0.118. The van der Waals surface area contributed by atoms with Crippen LogP contribution in [0, 0.1) is 0 Å². The summed E-state index contributed by atoms with van der Waals surface area (Å²) in [4.78, 5) is 0.380. The quantitative estimate of drug-likeness (QED) is 0.810. The first-order valence-corrected chi connectivity index (χ1v) is 7.39. The number of likely N-dealkylation sites (N-methyl/N-ethyl adjacent to an activating group) is 1. The fourth-order valence-electron chi connectivity index (χ4n) is 1.40. The van der Waals surface area contributed by atoms with Gasteiger partial charge in [0.2, 0.25) is 0 Å². The van der Waals surface area contributed by atoms with Gasteiger partial charge in [0, 0.05) is 12.6 Å². The molecule has 0 aliphatic heterocycles. The molecule has 17 heavy (non-hydrogen) atoms. The van der Waals surface area contributed by atoms with Gasteiger partial charge in [-0.1, -0.05) is 19.1 Å². The van der Waals surface area contributed by atoms with Crippen LogP contribution in [-0.2, 0) is 9.84 Å².